The van der Waals surface area contributed by atoms with Crippen molar-refractivity contribution in [1.29, 1.82) is 0 Å². The zero-order valence-electron chi connectivity index (χ0n) is 17.1. The van der Waals surface area contributed by atoms with Crippen LogP contribution in [0.4, 0.5) is 5.69 Å². The van der Waals surface area contributed by atoms with Crippen LogP contribution in [0, 0.1) is 13.8 Å². The molecule has 0 radical (unpaired) electrons. The topological polar surface area (TPSA) is 96.4 Å². The average Bonchev–Trinajstić information content (AvgIpc) is 3.00. The normalized spacial score (nSPS) is 13.4. The molecular formula is C23H21N3O4S. The summed E-state index contributed by atoms with van der Waals surface area (Å²) in [4.78, 5) is 30.1. The van der Waals surface area contributed by atoms with Crippen molar-refractivity contribution in [3.63, 3.8) is 0 Å². The van der Waals surface area contributed by atoms with Crippen LogP contribution >= 0.6 is 0 Å². The molecule has 1 aliphatic rings. The number of aryl methyl sites for hydroxylation is 2. The van der Waals surface area contributed by atoms with Gasteiger partial charge in [-0.1, -0.05) is 30.3 Å². The fourth-order valence-corrected chi connectivity index (χ4v) is 4.76. The van der Waals surface area contributed by atoms with Crippen molar-refractivity contribution in [2.45, 2.75) is 25.2 Å². The minimum atomic E-state index is -3.74. The molecule has 158 valence electrons. The predicted octanol–water partition coefficient (Wildman–Crippen LogP) is 3.34. The second kappa shape index (κ2) is 7.96. The van der Waals surface area contributed by atoms with E-state index < -0.39 is 15.9 Å². The minimum absolute atomic E-state index is 0.142. The van der Waals surface area contributed by atoms with E-state index in [-0.39, 0.29) is 23.0 Å². The molecule has 2 heterocycles. The summed E-state index contributed by atoms with van der Waals surface area (Å²) in [6.45, 7) is 3.90. The van der Waals surface area contributed by atoms with Gasteiger partial charge >= 0.3 is 0 Å². The molecule has 1 N–H and O–H groups in total. The number of sulfonamides is 1. The Morgan fingerprint density at radius 2 is 1.58 bits per heavy atom. The SMILES string of the molecule is Cc1cccc(C)c1NS(=O)(=O)c1ccc(CCN2C(=O)c3cccnc3C2=O)cc1. The lowest BCUT2D eigenvalue weighted by molar-refractivity contribution is 0.0654. The number of amides is 2. The zero-order valence-corrected chi connectivity index (χ0v) is 17.9. The molecule has 0 unspecified atom stereocenters. The summed E-state index contributed by atoms with van der Waals surface area (Å²) in [6, 6.07) is 15.2. The van der Waals surface area contributed by atoms with Crippen molar-refractivity contribution in [3.05, 3.63) is 88.7 Å². The molecular weight excluding hydrogens is 414 g/mol. The lowest BCUT2D eigenvalue weighted by Gasteiger charge is -2.15. The van der Waals surface area contributed by atoms with E-state index in [1.165, 1.54) is 23.2 Å². The molecule has 31 heavy (non-hydrogen) atoms. The van der Waals surface area contributed by atoms with Crippen molar-refractivity contribution in [3.8, 4) is 0 Å². The second-order valence-electron chi connectivity index (χ2n) is 7.43. The van der Waals surface area contributed by atoms with Crippen LogP contribution in [0.3, 0.4) is 0 Å². The van der Waals surface area contributed by atoms with E-state index in [1.54, 1.807) is 24.3 Å². The summed E-state index contributed by atoms with van der Waals surface area (Å²) in [5.74, 6) is -0.761. The van der Waals surface area contributed by atoms with E-state index in [4.69, 9.17) is 0 Å². The number of para-hydroxylation sites is 1. The number of anilines is 1. The van der Waals surface area contributed by atoms with E-state index in [0.717, 1.165) is 16.7 Å². The highest BCUT2D eigenvalue weighted by molar-refractivity contribution is 7.92. The van der Waals surface area contributed by atoms with Gasteiger partial charge in [-0.2, -0.15) is 0 Å². The Bertz CT molecular complexity index is 1230. The Hall–Kier alpha value is -3.52. The van der Waals surface area contributed by atoms with Gasteiger partial charge in [0.05, 0.1) is 16.1 Å². The average molecular weight is 436 g/mol. The van der Waals surface area contributed by atoms with Crippen LogP contribution in [0.2, 0.25) is 0 Å². The van der Waals surface area contributed by atoms with Crippen LogP contribution in [0.1, 0.15) is 37.5 Å². The van der Waals surface area contributed by atoms with Gasteiger partial charge in [0, 0.05) is 12.7 Å². The molecule has 0 fully saturated rings. The van der Waals surface area contributed by atoms with E-state index in [0.29, 0.717) is 17.7 Å². The molecule has 0 bridgehead atoms. The quantitative estimate of drug-likeness (QED) is 0.599. The van der Waals surface area contributed by atoms with E-state index >= 15 is 0 Å². The summed E-state index contributed by atoms with van der Waals surface area (Å²) < 4.78 is 28.2. The van der Waals surface area contributed by atoms with Gasteiger partial charge < -0.3 is 0 Å². The summed E-state index contributed by atoms with van der Waals surface area (Å²) in [5.41, 5.74) is 3.56. The molecule has 0 spiro atoms. The number of rotatable bonds is 6. The van der Waals surface area contributed by atoms with Gasteiger partial charge in [0.1, 0.15) is 5.69 Å². The first-order chi connectivity index (χ1) is 14.8. The van der Waals surface area contributed by atoms with E-state index in [2.05, 4.69) is 9.71 Å². The number of hydrogen-bond acceptors (Lipinski definition) is 5. The molecule has 8 heteroatoms. The number of aromatic nitrogens is 1. The van der Waals surface area contributed by atoms with Gasteiger partial charge in [0.15, 0.2) is 0 Å². The number of hydrogen-bond donors (Lipinski definition) is 1. The molecule has 1 aliphatic heterocycles. The van der Waals surface area contributed by atoms with Crippen LogP contribution in [0.25, 0.3) is 0 Å². The maximum atomic E-state index is 12.8. The Balaban J connectivity index is 1.45. The maximum absolute atomic E-state index is 12.8. The fourth-order valence-electron chi connectivity index (χ4n) is 3.56. The molecule has 7 nitrogen and oxygen atoms in total. The number of nitrogens with one attached hydrogen (secondary N) is 1. The highest BCUT2D eigenvalue weighted by atomic mass is 32.2. The van der Waals surface area contributed by atoms with Crippen LogP contribution in [0.15, 0.2) is 65.7 Å². The van der Waals surface area contributed by atoms with Crippen LogP contribution in [-0.2, 0) is 16.4 Å². The first-order valence-electron chi connectivity index (χ1n) is 9.77. The summed E-state index contributed by atoms with van der Waals surface area (Å²) >= 11 is 0. The highest BCUT2D eigenvalue weighted by Crippen LogP contribution is 2.24. The van der Waals surface area contributed by atoms with Crippen molar-refractivity contribution in [2.75, 3.05) is 11.3 Å². The zero-order chi connectivity index (χ0) is 22.2. The summed E-state index contributed by atoms with van der Waals surface area (Å²) in [5, 5.41) is 0. The number of carbonyl (C=O) groups is 2. The van der Waals surface area contributed by atoms with E-state index in [9.17, 15) is 18.0 Å². The lowest BCUT2D eigenvalue weighted by atomic mass is 10.1. The van der Waals surface area contributed by atoms with Crippen LogP contribution in [0.5, 0.6) is 0 Å². The minimum Gasteiger partial charge on any atom is -0.279 e. The molecule has 0 saturated heterocycles. The van der Waals surface area contributed by atoms with Gasteiger partial charge in [-0.3, -0.25) is 24.2 Å². The highest BCUT2D eigenvalue weighted by Gasteiger charge is 2.36. The van der Waals surface area contributed by atoms with Gasteiger partial charge in [-0.15, -0.1) is 0 Å². The Morgan fingerprint density at radius 1 is 0.903 bits per heavy atom. The predicted molar refractivity (Wildman–Crippen MR) is 116 cm³/mol. The fraction of sp³-hybridized carbons (Fsp3) is 0.174. The van der Waals surface area contributed by atoms with Crippen LogP contribution in [-0.4, -0.2) is 36.7 Å². The third-order valence-electron chi connectivity index (χ3n) is 5.31. The van der Waals surface area contributed by atoms with Crippen molar-refractivity contribution in [1.82, 2.24) is 9.88 Å². The van der Waals surface area contributed by atoms with Gasteiger partial charge in [0.25, 0.3) is 21.8 Å². The Morgan fingerprint density at radius 3 is 2.23 bits per heavy atom. The standard InChI is InChI=1S/C23H21N3O4S/c1-15-5-3-6-16(2)20(15)25-31(29,30)18-10-8-17(9-11-18)12-14-26-22(27)19-7-4-13-24-21(19)23(26)28/h3-11,13,25H,12,14H2,1-2H3. The molecule has 3 aromatic rings. The largest absolute Gasteiger partial charge is 0.280 e. The lowest BCUT2D eigenvalue weighted by Crippen LogP contribution is -2.31. The monoisotopic (exact) mass is 435 g/mol. The second-order valence-corrected chi connectivity index (χ2v) is 9.11. The molecule has 0 saturated carbocycles. The van der Waals surface area contributed by atoms with Gasteiger partial charge in [-0.25, -0.2) is 8.42 Å². The van der Waals surface area contributed by atoms with Crippen molar-refractivity contribution >= 4 is 27.5 Å². The molecule has 4 rings (SSSR count). The number of nitrogens with zero attached hydrogens (tertiary/aromatic N) is 2. The number of pyridine rings is 1. The van der Waals surface area contributed by atoms with Gasteiger partial charge in [-0.05, 0) is 61.2 Å². The third-order valence-corrected chi connectivity index (χ3v) is 6.67. The Labute approximate surface area is 180 Å². The molecule has 2 aromatic carbocycles. The van der Waals surface area contributed by atoms with Crippen molar-refractivity contribution in [2.24, 2.45) is 0 Å². The Kier molecular flexibility index (Phi) is 5.32. The number of carbonyl (C=O) groups excluding carboxylic acids is 2. The number of fused-ring (bicyclic) bond motifs is 1. The molecule has 0 aliphatic carbocycles. The smallest absolute Gasteiger partial charge is 0.279 e. The third kappa shape index (κ3) is 3.94. The number of benzene rings is 2. The molecule has 0 atom stereocenters. The van der Waals surface area contributed by atoms with E-state index in [1.807, 2.05) is 32.0 Å². The van der Waals surface area contributed by atoms with Crippen molar-refractivity contribution < 1.29 is 18.0 Å². The first kappa shape index (κ1) is 20.7. The first-order valence-corrected chi connectivity index (χ1v) is 11.3. The van der Waals surface area contributed by atoms with Crippen LogP contribution < -0.4 is 4.72 Å². The molecule has 1 aromatic heterocycles. The summed E-state index contributed by atoms with van der Waals surface area (Å²) in [6.07, 6.45) is 1.90. The molecule has 2 amide bonds. The summed E-state index contributed by atoms with van der Waals surface area (Å²) in [7, 11) is -3.74. The van der Waals surface area contributed by atoms with Gasteiger partial charge in [0.2, 0.25) is 0 Å². The number of imide groups is 1. The maximum Gasteiger partial charge on any atom is 0.280 e.